The van der Waals surface area contributed by atoms with Crippen molar-refractivity contribution in [3.05, 3.63) is 53.3 Å². The molecular formula is C20H26FO3P. The van der Waals surface area contributed by atoms with Crippen molar-refractivity contribution >= 4 is 13.9 Å². The Morgan fingerprint density at radius 1 is 1.12 bits per heavy atom. The van der Waals surface area contributed by atoms with Crippen LogP contribution >= 0.6 is 8.58 Å². The van der Waals surface area contributed by atoms with Gasteiger partial charge in [0.15, 0.2) is 18.3 Å². The van der Waals surface area contributed by atoms with Gasteiger partial charge in [0.05, 0.1) is 7.11 Å². The fraction of sp³-hybridized carbons (Fsp3) is 0.400. The van der Waals surface area contributed by atoms with E-state index < -0.39 is 0 Å². The van der Waals surface area contributed by atoms with E-state index in [2.05, 4.69) is 13.8 Å². The lowest BCUT2D eigenvalue weighted by molar-refractivity contribution is 0.0480. The molecule has 0 aliphatic rings. The molecule has 0 spiro atoms. The molecule has 0 amide bonds. The minimum Gasteiger partial charge on any atom is -0.493 e. The SMILES string of the molecule is CCC(C)(Pc1c(C)cccc1F)c1cccc(OC)c1OCOC. The summed E-state index contributed by atoms with van der Waals surface area (Å²) < 4.78 is 30.8. The Bertz CT molecular complexity index is 700. The molecule has 2 aromatic carbocycles. The highest BCUT2D eigenvalue weighted by Crippen LogP contribution is 2.50. The molecule has 25 heavy (non-hydrogen) atoms. The van der Waals surface area contributed by atoms with Crippen molar-refractivity contribution in [1.82, 2.24) is 0 Å². The third kappa shape index (κ3) is 4.31. The lowest BCUT2D eigenvalue weighted by Gasteiger charge is -2.32. The number of rotatable bonds is 8. The number of benzene rings is 2. The van der Waals surface area contributed by atoms with Crippen LogP contribution in [0.3, 0.4) is 0 Å². The number of para-hydroxylation sites is 1. The fourth-order valence-electron chi connectivity index (χ4n) is 2.79. The number of methoxy groups -OCH3 is 2. The summed E-state index contributed by atoms with van der Waals surface area (Å²) in [7, 11) is 3.47. The lowest BCUT2D eigenvalue weighted by atomic mass is 9.96. The van der Waals surface area contributed by atoms with E-state index in [1.54, 1.807) is 20.3 Å². The van der Waals surface area contributed by atoms with Crippen molar-refractivity contribution in [2.45, 2.75) is 32.3 Å². The summed E-state index contributed by atoms with van der Waals surface area (Å²) in [5.74, 6) is 1.17. The van der Waals surface area contributed by atoms with E-state index in [1.807, 2.05) is 31.2 Å². The van der Waals surface area contributed by atoms with Gasteiger partial charge < -0.3 is 14.2 Å². The maximum absolute atomic E-state index is 14.4. The van der Waals surface area contributed by atoms with Gasteiger partial charge in [0, 0.05) is 23.1 Å². The summed E-state index contributed by atoms with van der Waals surface area (Å²) in [6.07, 6.45) is 0.843. The van der Waals surface area contributed by atoms with Gasteiger partial charge in [0.2, 0.25) is 0 Å². The van der Waals surface area contributed by atoms with E-state index in [0.29, 0.717) is 11.5 Å². The quantitative estimate of drug-likeness (QED) is 0.500. The largest absolute Gasteiger partial charge is 0.493 e. The first kappa shape index (κ1) is 19.7. The molecule has 2 aromatic rings. The third-order valence-corrected chi connectivity index (χ3v) is 6.50. The Balaban J connectivity index is 2.51. The summed E-state index contributed by atoms with van der Waals surface area (Å²) in [4.78, 5) is 0. The Hall–Kier alpha value is -1.64. The zero-order chi connectivity index (χ0) is 18.4. The van der Waals surface area contributed by atoms with Gasteiger partial charge in [-0.05, 0) is 31.0 Å². The van der Waals surface area contributed by atoms with Crippen LogP contribution in [0.2, 0.25) is 0 Å². The van der Waals surface area contributed by atoms with Crippen LogP contribution < -0.4 is 14.8 Å². The Morgan fingerprint density at radius 3 is 2.44 bits per heavy atom. The van der Waals surface area contributed by atoms with Crippen LogP contribution in [0, 0.1) is 12.7 Å². The van der Waals surface area contributed by atoms with Gasteiger partial charge in [-0.1, -0.05) is 46.7 Å². The molecule has 2 unspecified atom stereocenters. The molecule has 0 saturated carbocycles. The molecule has 0 radical (unpaired) electrons. The molecule has 0 saturated heterocycles. The second-order valence-corrected chi connectivity index (χ2v) is 7.98. The Kier molecular flexibility index (Phi) is 6.80. The predicted octanol–water partition coefficient (Wildman–Crippen LogP) is 4.75. The average molecular weight is 364 g/mol. The van der Waals surface area contributed by atoms with E-state index >= 15 is 0 Å². The van der Waals surface area contributed by atoms with Crippen molar-refractivity contribution in [1.29, 1.82) is 0 Å². The van der Waals surface area contributed by atoms with E-state index in [4.69, 9.17) is 14.2 Å². The number of ether oxygens (including phenoxy) is 3. The van der Waals surface area contributed by atoms with Crippen molar-refractivity contribution < 1.29 is 18.6 Å². The van der Waals surface area contributed by atoms with Crippen LogP contribution in [0.25, 0.3) is 0 Å². The fourth-order valence-corrected chi connectivity index (χ4v) is 4.33. The summed E-state index contributed by atoms with van der Waals surface area (Å²) in [5.41, 5.74) is 1.98. The zero-order valence-corrected chi connectivity index (χ0v) is 16.5. The zero-order valence-electron chi connectivity index (χ0n) is 15.5. The molecule has 3 nitrogen and oxygen atoms in total. The minimum atomic E-state index is -0.273. The predicted molar refractivity (Wildman–Crippen MR) is 102 cm³/mol. The van der Waals surface area contributed by atoms with E-state index in [0.717, 1.165) is 22.9 Å². The van der Waals surface area contributed by atoms with Gasteiger partial charge in [-0.25, -0.2) is 4.39 Å². The molecule has 2 atom stereocenters. The van der Waals surface area contributed by atoms with E-state index in [1.165, 1.54) is 6.07 Å². The molecule has 0 fully saturated rings. The van der Waals surface area contributed by atoms with Crippen molar-refractivity contribution in [2.75, 3.05) is 21.0 Å². The van der Waals surface area contributed by atoms with Gasteiger partial charge in [0.1, 0.15) is 5.82 Å². The molecule has 0 aliphatic carbocycles. The molecule has 2 rings (SSSR count). The van der Waals surface area contributed by atoms with Crippen LogP contribution in [0.15, 0.2) is 36.4 Å². The molecular weight excluding hydrogens is 338 g/mol. The maximum Gasteiger partial charge on any atom is 0.188 e. The summed E-state index contributed by atoms with van der Waals surface area (Å²) in [6.45, 7) is 6.35. The molecule has 0 N–H and O–H groups in total. The second kappa shape index (κ2) is 8.64. The molecule has 5 heteroatoms. The van der Waals surface area contributed by atoms with Crippen LogP contribution in [0.4, 0.5) is 4.39 Å². The number of hydrogen-bond donors (Lipinski definition) is 0. The van der Waals surface area contributed by atoms with Crippen molar-refractivity contribution in [3.8, 4) is 11.5 Å². The monoisotopic (exact) mass is 364 g/mol. The molecule has 136 valence electrons. The topological polar surface area (TPSA) is 27.7 Å². The highest BCUT2D eigenvalue weighted by Gasteiger charge is 2.31. The Morgan fingerprint density at radius 2 is 1.84 bits per heavy atom. The first-order valence-electron chi connectivity index (χ1n) is 8.29. The highest BCUT2D eigenvalue weighted by molar-refractivity contribution is 7.48. The van der Waals surface area contributed by atoms with Crippen LogP contribution in [-0.4, -0.2) is 21.0 Å². The highest BCUT2D eigenvalue weighted by atomic mass is 31.1. The first-order valence-corrected chi connectivity index (χ1v) is 9.29. The normalized spacial score (nSPS) is 13.8. The summed E-state index contributed by atoms with van der Waals surface area (Å²) in [5, 5.41) is 0.497. The van der Waals surface area contributed by atoms with Gasteiger partial charge in [0.25, 0.3) is 0 Å². The molecule has 0 aromatic heterocycles. The molecule has 0 aliphatic heterocycles. The van der Waals surface area contributed by atoms with Crippen LogP contribution in [0.1, 0.15) is 31.4 Å². The first-order chi connectivity index (χ1) is 12.0. The van der Waals surface area contributed by atoms with Gasteiger partial charge in [-0.2, -0.15) is 0 Å². The standard InChI is InChI=1S/C20H26FO3P/c1-6-20(3,25-19-14(2)9-7-11-16(19)21)15-10-8-12-17(23-5)18(15)24-13-22-4/h7-12,25H,6,13H2,1-5H3. The lowest BCUT2D eigenvalue weighted by Crippen LogP contribution is -2.22. The number of aryl methyl sites for hydroxylation is 1. The van der Waals surface area contributed by atoms with Gasteiger partial charge >= 0.3 is 0 Å². The van der Waals surface area contributed by atoms with Crippen LogP contribution in [-0.2, 0) is 9.89 Å². The van der Waals surface area contributed by atoms with Crippen molar-refractivity contribution in [2.24, 2.45) is 0 Å². The summed E-state index contributed by atoms with van der Waals surface area (Å²) in [6, 6.07) is 11.1. The van der Waals surface area contributed by atoms with Gasteiger partial charge in [-0.15, -0.1) is 0 Å². The summed E-state index contributed by atoms with van der Waals surface area (Å²) >= 11 is 0. The second-order valence-electron chi connectivity index (χ2n) is 6.13. The minimum absolute atomic E-state index is 0.134. The number of halogens is 1. The smallest absolute Gasteiger partial charge is 0.188 e. The van der Waals surface area contributed by atoms with Gasteiger partial charge in [-0.3, -0.25) is 0 Å². The van der Waals surface area contributed by atoms with Crippen molar-refractivity contribution in [3.63, 3.8) is 0 Å². The van der Waals surface area contributed by atoms with E-state index in [9.17, 15) is 4.39 Å². The maximum atomic E-state index is 14.4. The molecule has 0 heterocycles. The van der Waals surface area contributed by atoms with E-state index in [-0.39, 0.29) is 26.3 Å². The number of hydrogen-bond acceptors (Lipinski definition) is 3. The Labute approximate surface area is 151 Å². The average Bonchev–Trinajstić information content (AvgIpc) is 2.62. The van der Waals surface area contributed by atoms with Crippen LogP contribution in [0.5, 0.6) is 11.5 Å². The molecule has 0 bridgehead atoms. The third-order valence-electron chi connectivity index (χ3n) is 4.44.